The van der Waals surface area contributed by atoms with E-state index in [4.69, 9.17) is 40.9 Å². The van der Waals surface area contributed by atoms with Crippen LogP contribution in [0.1, 0.15) is 58.3 Å². The zero-order chi connectivity index (χ0) is 35.4. The summed E-state index contributed by atoms with van der Waals surface area (Å²) in [6, 6.07) is 10.8. The first-order valence-electron chi connectivity index (χ1n) is 17.4. The van der Waals surface area contributed by atoms with Crippen LogP contribution in [-0.2, 0) is 16.2 Å². The number of imidazole rings is 1. The lowest BCUT2D eigenvalue weighted by Crippen LogP contribution is -2.50. The van der Waals surface area contributed by atoms with Crippen molar-refractivity contribution in [2.24, 2.45) is 0 Å². The molecule has 1 spiro atoms. The normalized spacial score (nSPS) is 17.5. The average Bonchev–Trinajstić information content (AvgIpc) is 3.48. The third kappa shape index (κ3) is 7.24. The number of rotatable bonds is 9. The second-order valence-corrected chi connectivity index (χ2v) is 21.9. The maximum absolute atomic E-state index is 12.9. The molecule has 2 aliphatic rings. The highest BCUT2D eigenvalue weighted by Gasteiger charge is 2.54. The first-order valence-corrected chi connectivity index (χ1v) is 21.5. The van der Waals surface area contributed by atoms with Gasteiger partial charge in [0.1, 0.15) is 40.2 Å². The van der Waals surface area contributed by atoms with Crippen LogP contribution in [0.3, 0.4) is 0 Å². The third-order valence-electron chi connectivity index (χ3n) is 9.56. The predicted molar refractivity (Wildman–Crippen MR) is 198 cm³/mol. The molecule has 2 fully saturated rings. The van der Waals surface area contributed by atoms with E-state index in [0.29, 0.717) is 46.5 Å². The van der Waals surface area contributed by atoms with Crippen molar-refractivity contribution in [3.8, 4) is 22.8 Å². The molecule has 3 aromatic heterocycles. The fraction of sp³-hybridized carbons (Fsp3) is 0.486. The summed E-state index contributed by atoms with van der Waals surface area (Å²) in [6.45, 7) is 16.6. The Hall–Kier alpha value is -4.00. The van der Waals surface area contributed by atoms with E-state index in [1.165, 1.54) is 0 Å². The number of halogens is 1. The van der Waals surface area contributed by atoms with Crippen LogP contribution < -0.4 is 4.74 Å². The number of aryl methyl sites for hydroxylation is 1. The molecule has 11 nitrogen and oxygen atoms in total. The van der Waals surface area contributed by atoms with E-state index in [-0.39, 0.29) is 17.7 Å². The second kappa shape index (κ2) is 13.0. The van der Waals surface area contributed by atoms with Crippen LogP contribution in [0.2, 0.25) is 30.7 Å². The lowest BCUT2D eigenvalue weighted by Gasteiger charge is -2.40. The third-order valence-corrected chi connectivity index (χ3v) is 11.6. The Labute approximate surface area is 298 Å². The van der Waals surface area contributed by atoms with Crippen LogP contribution in [0, 0.1) is 6.92 Å². The smallest absolute Gasteiger partial charge is 0.410 e. The predicted octanol–water partition coefficient (Wildman–Crippen LogP) is 9.01. The van der Waals surface area contributed by atoms with E-state index >= 15 is 0 Å². The first kappa shape index (κ1) is 34.4. The molecule has 1 saturated carbocycles. The molecule has 1 saturated heterocycles. The number of hydrogen-bond acceptors (Lipinski definition) is 8. The van der Waals surface area contributed by atoms with Crippen molar-refractivity contribution >= 4 is 47.8 Å². The molecular formula is C37H46ClN7O4Si. The Balaban J connectivity index is 1.07. The van der Waals surface area contributed by atoms with Gasteiger partial charge >= 0.3 is 6.09 Å². The zero-order valence-corrected chi connectivity index (χ0v) is 31.8. The standard InChI is InChI=1S/C37H46ClN7O4Si/c1-24-41-28-9-8-27(18-31(28)43(24)23-47-16-17-50(5,6)7)48-32-11-10-29-34(33(32)38)42-30(21-39-29)25-20-40-45(22-25)26-12-15-44(37(19-26)13-14-37)35(46)49-36(2,3)4/h8-11,18,20-22,26H,12-17,19,23H2,1-7H3. The van der Waals surface area contributed by atoms with Crippen LogP contribution in [0.5, 0.6) is 11.5 Å². The van der Waals surface area contributed by atoms with Gasteiger partial charge in [0.05, 0.1) is 40.7 Å². The lowest BCUT2D eigenvalue weighted by molar-refractivity contribution is -0.0000220. The van der Waals surface area contributed by atoms with Gasteiger partial charge in [-0.25, -0.2) is 14.8 Å². The van der Waals surface area contributed by atoms with Gasteiger partial charge in [-0.1, -0.05) is 31.2 Å². The van der Waals surface area contributed by atoms with E-state index in [1.807, 2.05) is 80.0 Å². The van der Waals surface area contributed by atoms with Crippen molar-refractivity contribution in [2.75, 3.05) is 13.2 Å². The molecule has 0 N–H and O–H groups in total. The molecule has 5 aromatic rings. The van der Waals surface area contributed by atoms with Crippen LogP contribution in [-0.4, -0.2) is 72.7 Å². The number of hydrogen-bond donors (Lipinski definition) is 0. The quantitative estimate of drug-likeness (QED) is 0.110. The lowest BCUT2D eigenvalue weighted by atomic mass is 9.95. The SMILES string of the molecule is Cc1nc2ccc(Oc3ccc4ncc(-c5cnn(C6CCN(C(=O)OC(C)(C)C)C7(CC7)C6)c5)nc4c3Cl)cc2n1COCC[Si](C)(C)C. The highest BCUT2D eigenvalue weighted by Crippen LogP contribution is 2.51. The maximum atomic E-state index is 12.9. The molecule has 4 heterocycles. The molecule has 1 atom stereocenters. The molecule has 0 radical (unpaired) electrons. The molecule has 264 valence electrons. The fourth-order valence-electron chi connectivity index (χ4n) is 6.64. The van der Waals surface area contributed by atoms with E-state index in [9.17, 15) is 4.79 Å². The summed E-state index contributed by atoms with van der Waals surface area (Å²) in [5, 5.41) is 5.11. The number of nitrogens with zero attached hydrogens (tertiary/aromatic N) is 7. The van der Waals surface area contributed by atoms with Crippen molar-refractivity contribution < 1.29 is 19.0 Å². The maximum Gasteiger partial charge on any atom is 0.410 e. The van der Waals surface area contributed by atoms with Gasteiger partial charge in [0.2, 0.25) is 0 Å². The molecule has 1 unspecified atom stereocenters. The highest BCUT2D eigenvalue weighted by molar-refractivity contribution is 6.76. The number of benzene rings is 2. The van der Waals surface area contributed by atoms with E-state index in [1.54, 1.807) is 6.20 Å². The molecule has 13 heteroatoms. The Kier molecular flexibility index (Phi) is 8.92. The van der Waals surface area contributed by atoms with Crippen molar-refractivity contribution in [3.05, 3.63) is 59.8 Å². The number of likely N-dealkylation sites (tertiary alicyclic amines) is 1. The Morgan fingerprint density at radius 2 is 1.86 bits per heavy atom. The molecule has 1 aliphatic heterocycles. The molecule has 1 amide bonds. The molecule has 50 heavy (non-hydrogen) atoms. The Morgan fingerprint density at radius 3 is 2.60 bits per heavy atom. The van der Waals surface area contributed by atoms with Crippen LogP contribution in [0.4, 0.5) is 4.79 Å². The van der Waals surface area contributed by atoms with Crippen molar-refractivity contribution in [1.82, 2.24) is 34.2 Å². The van der Waals surface area contributed by atoms with Crippen LogP contribution >= 0.6 is 11.6 Å². The molecule has 7 rings (SSSR count). The monoisotopic (exact) mass is 715 g/mol. The van der Waals surface area contributed by atoms with Gasteiger partial charge < -0.3 is 23.7 Å². The minimum atomic E-state index is -1.18. The van der Waals surface area contributed by atoms with Gasteiger partial charge in [-0.15, -0.1) is 0 Å². The van der Waals surface area contributed by atoms with Gasteiger partial charge in [0, 0.05) is 44.6 Å². The highest BCUT2D eigenvalue weighted by atomic mass is 35.5. The fourth-order valence-corrected chi connectivity index (χ4v) is 7.63. The van der Waals surface area contributed by atoms with E-state index in [2.05, 4.69) is 29.2 Å². The summed E-state index contributed by atoms with van der Waals surface area (Å²) in [5.74, 6) is 2.01. The first-order chi connectivity index (χ1) is 23.7. The summed E-state index contributed by atoms with van der Waals surface area (Å²) in [7, 11) is -1.18. The Bertz CT molecular complexity index is 2060. The van der Waals surface area contributed by atoms with Gasteiger partial charge in [0.25, 0.3) is 0 Å². The van der Waals surface area contributed by atoms with Crippen molar-refractivity contribution in [2.45, 2.75) is 103 Å². The minimum absolute atomic E-state index is 0.145. The number of carbonyl (C=O) groups excluding carboxylic acids is 1. The summed E-state index contributed by atoms with van der Waals surface area (Å²) >= 11 is 6.95. The van der Waals surface area contributed by atoms with Crippen molar-refractivity contribution in [3.63, 3.8) is 0 Å². The number of amides is 1. The number of piperidine rings is 1. The van der Waals surface area contributed by atoms with Gasteiger partial charge in [-0.3, -0.25) is 9.67 Å². The number of carbonyl (C=O) groups is 1. The van der Waals surface area contributed by atoms with Crippen LogP contribution in [0.15, 0.2) is 48.9 Å². The second-order valence-electron chi connectivity index (χ2n) is 15.9. The summed E-state index contributed by atoms with van der Waals surface area (Å²) in [4.78, 5) is 29.2. The van der Waals surface area contributed by atoms with Gasteiger partial charge in [0.15, 0.2) is 0 Å². The largest absolute Gasteiger partial charge is 0.456 e. The van der Waals surface area contributed by atoms with Crippen LogP contribution in [0.25, 0.3) is 33.3 Å². The molecule has 1 aliphatic carbocycles. The summed E-state index contributed by atoms with van der Waals surface area (Å²) in [5.41, 5.74) is 3.90. The van der Waals surface area contributed by atoms with E-state index in [0.717, 1.165) is 60.8 Å². The summed E-state index contributed by atoms with van der Waals surface area (Å²) < 4.78 is 22.2. The molecule has 0 bridgehead atoms. The number of aromatic nitrogens is 6. The molecule has 2 aromatic carbocycles. The Morgan fingerprint density at radius 1 is 1.08 bits per heavy atom. The average molecular weight is 716 g/mol. The van der Waals surface area contributed by atoms with Gasteiger partial charge in [-0.05, 0) is 83.7 Å². The van der Waals surface area contributed by atoms with Crippen molar-refractivity contribution in [1.29, 1.82) is 0 Å². The minimum Gasteiger partial charge on any atom is -0.456 e. The summed E-state index contributed by atoms with van der Waals surface area (Å²) in [6.07, 6.45) is 8.98. The number of ether oxygens (including phenoxy) is 3. The zero-order valence-electron chi connectivity index (χ0n) is 30.0. The van der Waals surface area contributed by atoms with Gasteiger partial charge in [-0.2, -0.15) is 5.10 Å². The topological polar surface area (TPSA) is 109 Å². The van der Waals surface area contributed by atoms with E-state index < -0.39 is 13.7 Å². The number of fused-ring (bicyclic) bond motifs is 2. The molecular weight excluding hydrogens is 670 g/mol.